The largest absolute Gasteiger partial charge is 0.573 e. The first-order valence-corrected chi connectivity index (χ1v) is 12.0. The highest BCUT2D eigenvalue weighted by molar-refractivity contribution is 5.79. The Kier molecular flexibility index (Phi) is 7.73. The summed E-state index contributed by atoms with van der Waals surface area (Å²) in [6.07, 6.45) is -3.59. The molecule has 206 valence electrons. The van der Waals surface area contributed by atoms with Gasteiger partial charge in [0.2, 0.25) is 0 Å². The molecule has 3 N–H and O–H groups in total. The third kappa shape index (κ3) is 6.66. The summed E-state index contributed by atoms with van der Waals surface area (Å²) < 4.78 is 65.0. The molecule has 5 rings (SSSR count). The fraction of sp³-hybridized carbons (Fsp3) is 0.462. The quantitative estimate of drug-likeness (QED) is 0.421. The minimum Gasteiger partial charge on any atom is -0.484 e. The van der Waals surface area contributed by atoms with Crippen molar-refractivity contribution in [3.05, 3.63) is 53.8 Å². The van der Waals surface area contributed by atoms with Crippen LogP contribution in [0.4, 0.5) is 17.6 Å². The lowest BCUT2D eigenvalue weighted by molar-refractivity contribution is -0.274. The Hall–Kier alpha value is -3.54. The standard InChI is InChI=1S/C26H28F4N2O6/c1-16-2-3-19(12-20(16)27)37-14-22(34)31-24-8-10-25(11-9-24,21(33)13-24)32-23(35)15-36-17-4-6-18(7-5-17)38-26(28,29)30/h2-7,12,21,33H,8-11,13-15H2,1H3,(H,31,34)(H,32,35)/t21-,24?,25?/m0/s1. The maximum atomic E-state index is 13.7. The van der Waals surface area contributed by atoms with Crippen molar-refractivity contribution in [2.24, 2.45) is 0 Å². The van der Waals surface area contributed by atoms with Crippen molar-refractivity contribution in [2.45, 2.75) is 62.6 Å². The summed E-state index contributed by atoms with van der Waals surface area (Å²) in [5.74, 6) is -1.30. The Morgan fingerprint density at radius 3 is 2.05 bits per heavy atom. The predicted octanol–water partition coefficient (Wildman–Crippen LogP) is 3.54. The highest BCUT2D eigenvalue weighted by atomic mass is 19.4. The van der Waals surface area contributed by atoms with Crippen LogP contribution in [0.15, 0.2) is 42.5 Å². The molecule has 0 saturated heterocycles. The van der Waals surface area contributed by atoms with E-state index in [4.69, 9.17) is 9.47 Å². The number of carbonyl (C=O) groups is 2. The molecule has 0 aliphatic heterocycles. The number of fused-ring (bicyclic) bond motifs is 3. The molecule has 3 fully saturated rings. The molecule has 0 aromatic heterocycles. The van der Waals surface area contributed by atoms with E-state index in [9.17, 15) is 32.3 Å². The number of amides is 2. The van der Waals surface area contributed by atoms with Crippen LogP contribution < -0.4 is 24.8 Å². The Bertz CT molecular complexity index is 1160. The van der Waals surface area contributed by atoms with Crippen LogP contribution in [0.3, 0.4) is 0 Å². The van der Waals surface area contributed by atoms with E-state index in [0.29, 0.717) is 31.2 Å². The number of nitrogens with one attached hydrogen (secondary N) is 2. The zero-order valence-corrected chi connectivity index (χ0v) is 20.6. The van der Waals surface area contributed by atoms with Gasteiger partial charge < -0.3 is 30.0 Å². The van der Waals surface area contributed by atoms with Crippen LogP contribution in [-0.4, -0.2) is 53.7 Å². The number of alkyl halides is 3. The number of halogens is 4. The Labute approximate surface area is 216 Å². The molecule has 2 aromatic carbocycles. The summed E-state index contributed by atoms with van der Waals surface area (Å²) in [4.78, 5) is 25.1. The van der Waals surface area contributed by atoms with E-state index in [1.54, 1.807) is 19.1 Å². The maximum absolute atomic E-state index is 13.7. The van der Waals surface area contributed by atoms with Crippen LogP contribution in [0.25, 0.3) is 0 Å². The second-order valence-electron chi connectivity index (χ2n) is 9.76. The summed E-state index contributed by atoms with van der Waals surface area (Å²) in [5, 5.41) is 16.7. The van der Waals surface area contributed by atoms with E-state index in [1.807, 2.05) is 0 Å². The number of hydrogen-bond acceptors (Lipinski definition) is 6. The number of aliphatic hydroxyl groups is 1. The number of ether oxygens (including phenoxy) is 3. The SMILES string of the molecule is Cc1ccc(OCC(=O)NC23CCC(NC(=O)COc4ccc(OC(F)(F)F)cc4)(CC2)[C@@H](O)C3)cc1F. The van der Waals surface area contributed by atoms with Crippen molar-refractivity contribution < 1.29 is 46.5 Å². The van der Waals surface area contributed by atoms with Gasteiger partial charge in [-0.2, -0.15) is 0 Å². The molecule has 0 heterocycles. The van der Waals surface area contributed by atoms with Gasteiger partial charge >= 0.3 is 6.36 Å². The van der Waals surface area contributed by atoms with Gasteiger partial charge in [-0.15, -0.1) is 13.2 Å². The third-order valence-electron chi connectivity index (χ3n) is 7.05. The van der Waals surface area contributed by atoms with Gasteiger partial charge in [-0.3, -0.25) is 9.59 Å². The Morgan fingerprint density at radius 2 is 1.47 bits per heavy atom. The third-order valence-corrected chi connectivity index (χ3v) is 7.05. The molecule has 2 bridgehead atoms. The lowest BCUT2D eigenvalue weighted by atomic mass is 9.60. The van der Waals surface area contributed by atoms with E-state index >= 15 is 0 Å². The molecule has 0 radical (unpaired) electrons. The highest BCUT2D eigenvalue weighted by Crippen LogP contribution is 2.47. The van der Waals surface area contributed by atoms with Crippen LogP contribution in [0, 0.1) is 12.7 Å². The van der Waals surface area contributed by atoms with Gasteiger partial charge in [-0.05, 0) is 74.9 Å². The smallest absolute Gasteiger partial charge is 0.484 e. The molecule has 3 aliphatic rings. The first kappa shape index (κ1) is 27.5. The van der Waals surface area contributed by atoms with Crippen LogP contribution in [0.5, 0.6) is 17.2 Å². The summed E-state index contributed by atoms with van der Waals surface area (Å²) >= 11 is 0. The van der Waals surface area contributed by atoms with Crippen molar-refractivity contribution in [2.75, 3.05) is 13.2 Å². The number of aliphatic hydroxyl groups excluding tert-OH is 1. The first-order valence-electron chi connectivity index (χ1n) is 12.0. The minimum absolute atomic E-state index is 0.178. The summed E-state index contributed by atoms with van der Waals surface area (Å²) in [7, 11) is 0. The molecule has 3 aliphatic carbocycles. The molecule has 2 amide bonds. The maximum Gasteiger partial charge on any atom is 0.573 e. The lowest BCUT2D eigenvalue weighted by Crippen LogP contribution is -2.70. The predicted molar refractivity (Wildman–Crippen MR) is 126 cm³/mol. The number of benzene rings is 2. The summed E-state index contributed by atoms with van der Waals surface area (Å²) in [6, 6.07) is 8.99. The number of carbonyl (C=O) groups excluding carboxylic acids is 2. The number of rotatable bonds is 9. The van der Waals surface area contributed by atoms with Crippen LogP contribution in [-0.2, 0) is 9.59 Å². The summed E-state index contributed by atoms with van der Waals surface area (Å²) in [6.45, 7) is 0.923. The van der Waals surface area contributed by atoms with Gasteiger partial charge in [-0.25, -0.2) is 4.39 Å². The molecule has 8 nitrogen and oxygen atoms in total. The molecule has 1 atom stereocenters. The minimum atomic E-state index is -4.81. The Morgan fingerprint density at radius 1 is 0.921 bits per heavy atom. The highest BCUT2D eigenvalue weighted by Gasteiger charge is 2.55. The van der Waals surface area contributed by atoms with E-state index < -0.39 is 53.5 Å². The fourth-order valence-electron chi connectivity index (χ4n) is 5.01. The molecule has 0 spiro atoms. The molecular weight excluding hydrogens is 512 g/mol. The molecule has 0 unspecified atom stereocenters. The topological polar surface area (TPSA) is 106 Å². The summed E-state index contributed by atoms with van der Waals surface area (Å²) in [5.41, 5.74) is -1.04. The normalized spacial score (nSPS) is 24.4. The van der Waals surface area contributed by atoms with E-state index in [2.05, 4.69) is 15.4 Å². The molecule has 38 heavy (non-hydrogen) atoms. The van der Waals surface area contributed by atoms with E-state index in [1.165, 1.54) is 18.2 Å². The first-order chi connectivity index (χ1) is 17.9. The Balaban J connectivity index is 1.25. The van der Waals surface area contributed by atoms with Crippen molar-refractivity contribution in [1.29, 1.82) is 0 Å². The average molecular weight is 541 g/mol. The molecule has 3 saturated carbocycles. The monoisotopic (exact) mass is 540 g/mol. The average Bonchev–Trinajstić information content (AvgIpc) is 2.84. The van der Waals surface area contributed by atoms with Gasteiger partial charge in [0.1, 0.15) is 23.1 Å². The number of hydrogen-bond donors (Lipinski definition) is 3. The van der Waals surface area contributed by atoms with Gasteiger partial charge in [0, 0.05) is 11.6 Å². The van der Waals surface area contributed by atoms with Crippen LogP contribution in [0.1, 0.15) is 37.7 Å². The fourth-order valence-corrected chi connectivity index (χ4v) is 5.01. The van der Waals surface area contributed by atoms with Crippen molar-refractivity contribution in [1.82, 2.24) is 10.6 Å². The van der Waals surface area contributed by atoms with Crippen LogP contribution >= 0.6 is 0 Å². The second-order valence-corrected chi connectivity index (χ2v) is 9.76. The lowest BCUT2D eigenvalue weighted by Gasteiger charge is -2.56. The van der Waals surface area contributed by atoms with Crippen LogP contribution in [0.2, 0.25) is 0 Å². The molecule has 2 aromatic rings. The second kappa shape index (κ2) is 10.7. The van der Waals surface area contributed by atoms with Crippen molar-refractivity contribution in [3.8, 4) is 17.2 Å². The van der Waals surface area contributed by atoms with Crippen molar-refractivity contribution in [3.63, 3.8) is 0 Å². The zero-order chi connectivity index (χ0) is 27.6. The number of aryl methyl sites for hydroxylation is 1. The molecular formula is C26H28F4N2O6. The van der Waals surface area contributed by atoms with Gasteiger partial charge in [0.25, 0.3) is 11.8 Å². The van der Waals surface area contributed by atoms with E-state index in [0.717, 1.165) is 12.1 Å². The van der Waals surface area contributed by atoms with Gasteiger partial charge in [-0.1, -0.05) is 6.07 Å². The van der Waals surface area contributed by atoms with E-state index in [-0.39, 0.29) is 24.5 Å². The van der Waals surface area contributed by atoms with Gasteiger partial charge in [0.05, 0.1) is 11.6 Å². The molecule has 12 heteroatoms. The van der Waals surface area contributed by atoms with Crippen molar-refractivity contribution >= 4 is 11.8 Å². The zero-order valence-electron chi connectivity index (χ0n) is 20.6. The van der Waals surface area contributed by atoms with Gasteiger partial charge in [0.15, 0.2) is 13.2 Å².